The summed E-state index contributed by atoms with van der Waals surface area (Å²) in [4.78, 5) is 19.9. The Kier molecular flexibility index (Phi) is 5.67. The van der Waals surface area contributed by atoms with Gasteiger partial charge in [-0.1, -0.05) is 6.07 Å². The van der Waals surface area contributed by atoms with Crippen LogP contribution < -0.4 is 19.7 Å². The molecule has 142 valence electrons. The molecule has 0 saturated carbocycles. The summed E-state index contributed by atoms with van der Waals surface area (Å²) in [6.45, 7) is 3.80. The van der Waals surface area contributed by atoms with Crippen LogP contribution in [0.4, 0.5) is 5.82 Å². The third-order valence-corrected chi connectivity index (χ3v) is 5.61. The summed E-state index contributed by atoms with van der Waals surface area (Å²) < 4.78 is 11.1. The summed E-state index contributed by atoms with van der Waals surface area (Å²) in [6, 6.07) is 9.84. The zero-order valence-electron chi connectivity index (χ0n) is 15.1. The first-order valence-corrected chi connectivity index (χ1v) is 10.3. The summed E-state index contributed by atoms with van der Waals surface area (Å²) >= 11 is 1.49. The number of ether oxygens (including phenoxy) is 2. The van der Waals surface area contributed by atoms with E-state index in [0.29, 0.717) is 25.5 Å². The van der Waals surface area contributed by atoms with E-state index in [2.05, 4.69) is 15.2 Å². The molecular formula is C20H23N3O3S. The molecule has 0 bridgehead atoms. The van der Waals surface area contributed by atoms with Gasteiger partial charge in [0.25, 0.3) is 0 Å². The average Bonchev–Trinajstić information content (AvgIpc) is 3.26. The maximum atomic E-state index is 12.1. The first-order valence-electron chi connectivity index (χ1n) is 9.27. The number of thioether (sulfide) groups is 1. The molecule has 3 heterocycles. The van der Waals surface area contributed by atoms with Crippen molar-refractivity contribution in [1.29, 1.82) is 0 Å². The number of benzene rings is 1. The van der Waals surface area contributed by atoms with Crippen molar-refractivity contribution < 1.29 is 14.3 Å². The summed E-state index contributed by atoms with van der Waals surface area (Å²) in [5.41, 5.74) is 1.01. The molecule has 2 aliphatic rings. The molecule has 1 aromatic heterocycles. The van der Waals surface area contributed by atoms with Crippen LogP contribution in [0.1, 0.15) is 18.4 Å². The summed E-state index contributed by atoms with van der Waals surface area (Å²) in [7, 11) is 0. The lowest BCUT2D eigenvalue weighted by atomic mass is 10.2. The zero-order chi connectivity index (χ0) is 18.5. The summed E-state index contributed by atoms with van der Waals surface area (Å²) in [5.74, 6) is 2.89. The molecule has 0 spiro atoms. The topological polar surface area (TPSA) is 63.7 Å². The first-order chi connectivity index (χ1) is 13.3. The third kappa shape index (κ3) is 4.66. The van der Waals surface area contributed by atoms with Gasteiger partial charge in [-0.3, -0.25) is 4.79 Å². The Bertz CT molecular complexity index is 792. The second-order valence-electron chi connectivity index (χ2n) is 6.59. The second kappa shape index (κ2) is 8.52. The zero-order valence-corrected chi connectivity index (χ0v) is 16.0. The van der Waals surface area contributed by atoms with E-state index in [9.17, 15) is 4.79 Å². The van der Waals surface area contributed by atoms with Gasteiger partial charge in [0.1, 0.15) is 19.0 Å². The largest absolute Gasteiger partial charge is 0.486 e. The molecular weight excluding hydrogens is 362 g/mol. The number of hydrogen-bond donors (Lipinski definition) is 1. The number of anilines is 1. The molecule has 1 fully saturated rings. The van der Waals surface area contributed by atoms with E-state index in [-0.39, 0.29) is 5.91 Å². The van der Waals surface area contributed by atoms with Crippen LogP contribution in [0.2, 0.25) is 0 Å². The molecule has 0 aliphatic carbocycles. The predicted molar refractivity (Wildman–Crippen MR) is 106 cm³/mol. The van der Waals surface area contributed by atoms with Crippen LogP contribution in [0, 0.1) is 0 Å². The van der Waals surface area contributed by atoms with Gasteiger partial charge in [-0.25, -0.2) is 4.98 Å². The van der Waals surface area contributed by atoms with Crippen LogP contribution in [-0.2, 0) is 11.3 Å². The molecule has 0 atom stereocenters. The van der Waals surface area contributed by atoms with Gasteiger partial charge < -0.3 is 19.7 Å². The minimum atomic E-state index is -0.00138. The minimum Gasteiger partial charge on any atom is -0.486 e. The maximum absolute atomic E-state index is 12.1. The van der Waals surface area contributed by atoms with Crippen LogP contribution in [0.5, 0.6) is 11.5 Å². The number of fused-ring (bicyclic) bond motifs is 1. The highest BCUT2D eigenvalue weighted by Gasteiger charge is 2.14. The molecule has 1 aromatic carbocycles. The molecule has 2 aliphatic heterocycles. The van der Waals surface area contributed by atoms with E-state index >= 15 is 0 Å². The third-order valence-electron chi connectivity index (χ3n) is 4.61. The monoisotopic (exact) mass is 385 g/mol. The summed E-state index contributed by atoms with van der Waals surface area (Å²) in [6.07, 6.45) is 4.32. The number of nitrogens with one attached hydrogen (secondary N) is 1. The van der Waals surface area contributed by atoms with E-state index in [4.69, 9.17) is 9.47 Å². The Morgan fingerprint density at radius 1 is 1.11 bits per heavy atom. The van der Waals surface area contributed by atoms with Crippen LogP contribution in [0.15, 0.2) is 41.4 Å². The molecule has 1 N–H and O–H groups in total. The van der Waals surface area contributed by atoms with Gasteiger partial charge in [-0.15, -0.1) is 11.8 Å². The fraction of sp³-hybridized carbons (Fsp3) is 0.400. The van der Waals surface area contributed by atoms with Crippen molar-refractivity contribution in [3.05, 3.63) is 42.1 Å². The lowest BCUT2D eigenvalue weighted by Crippen LogP contribution is -2.25. The second-order valence-corrected chi connectivity index (χ2v) is 7.64. The van der Waals surface area contributed by atoms with E-state index < -0.39 is 0 Å². The van der Waals surface area contributed by atoms with Crippen molar-refractivity contribution in [1.82, 2.24) is 10.3 Å². The van der Waals surface area contributed by atoms with Gasteiger partial charge in [0, 0.05) is 30.7 Å². The Morgan fingerprint density at radius 2 is 1.93 bits per heavy atom. The van der Waals surface area contributed by atoms with Crippen LogP contribution in [0.25, 0.3) is 0 Å². The smallest absolute Gasteiger partial charge is 0.230 e. The number of carbonyl (C=O) groups is 1. The molecule has 1 saturated heterocycles. The fourth-order valence-electron chi connectivity index (χ4n) is 3.17. The highest BCUT2D eigenvalue weighted by Crippen LogP contribution is 2.34. The number of pyridine rings is 1. The molecule has 27 heavy (non-hydrogen) atoms. The van der Waals surface area contributed by atoms with Gasteiger partial charge in [-0.2, -0.15) is 0 Å². The van der Waals surface area contributed by atoms with Gasteiger partial charge >= 0.3 is 0 Å². The Labute approximate surface area is 163 Å². The number of amides is 1. The molecule has 4 rings (SSSR count). The Balaban J connectivity index is 1.23. The normalized spacial score (nSPS) is 15.6. The minimum absolute atomic E-state index is 0.00138. The quantitative estimate of drug-likeness (QED) is 0.772. The highest BCUT2D eigenvalue weighted by molar-refractivity contribution is 8.00. The van der Waals surface area contributed by atoms with Crippen LogP contribution in [-0.4, -0.2) is 42.9 Å². The number of aromatic nitrogens is 1. The predicted octanol–water partition coefficient (Wildman–Crippen LogP) is 2.86. The van der Waals surface area contributed by atoms with E-state index in [0.717, 1.165) is 40.9 Å². The standard InChI is InChI=1S/C20H23N3O3S/c24-20(14-27-16-4-5-17-18(11-16)26-10-9-25-17)22-13-15-3-6-19(21-12-15)23-7-1-2-8-23/h3-6,11-12H,1-2,7-10,13-14H2,(H,22,24). The van der Waals surface area contributed by atoms with Gasteiger partial charge in [0.2, 0.25) is 5.91 Å². The van der Waals surface area contributed by atoms with Gasteiger partial charge in [0.05, 0.1) is 5.75 Å². The first kappa shape index (κ1) is 18.0. The van der Waals surface area contributed by atoms with Crippen molar-refractivity contribution in [2.45, 2.75) is 24.3 Å². The molecule has 7 heteroatoms. The number of carbonyl (C=O) groups excluding carboxylic acids is 1. The van der Waals surface area contributed by atoms with Crippen molar-refractivity contribution in [2.24, 2.45) is 0 Å². The van der Waals surface area contributed by atoms with Crippen molar-refractivity contribution in [3.63, 3.8) is 0 Å². The lowest BCUT2D eigenvalue weighted by molar-refractivity contribution is -0.118. The van der Waals surface area contributed by atoms with Gasteiger partial charge in [0.15, 0.2) is 11.5 Å². The summed E-state index contributed by atoms with van der Waals surface area (Å²) in [5, 5.41) is 2.95. The van der Waals surface area contributed by atoms with Crippen molar-refractivity contribution in [2.75, 3.05) is 37.0 Å². The van der Waals surface area contributed by atoms with E-state index in [1.165, 1.54) is 24.6 Å². The molecule has 0 unspecified atom stereocenters. The molecule has 2 aromatic rings. The Morgan fingerprint density at radius 3 is 2.70 bits per heavy atom. The fourth-order valence-corrected chi connectivity index (χ4v) is 3.92. The van der Waals surface area contributed by atoms with Gasteiger partial charge in [-0.05, 0) is 42.7 Å². The molecule has 6 nitrogen and oxygen atoms in total. The van der Waals surface area contributed by atoms with Crippen molar-refractivity contribution in [3.8, 4) is 11.5 Å². The number of hydrogen-bond acceptors (Lipinski definition) is 6. The molecule has 0 radical (unpaired) electrons. The SMILES string of the molecule is O=C(CSc1ccc2c(c1)OCCO2)NCc1ccc(N2CCCC2)nc1. The number of nitrogens with zero attached hydrogens (tertiary/aromatic N) is 2. The average molecular weight is 385 g/mol. The van der Waals surface area contributed by atoms with E-state index in [1.54, 1.807) is 0 Å². The highest BCUT2D eigenvalue weighted by atomic mass is 32.2. The van der Waals surface area contributed by atoms with Crippen molar-refractivity contribution >= 4 is 23.5 Å². The van der Waals surface area contributed by atoms with Crippen LogP contribution in [0.3, 0.4) is 0 Å². The maximum Gasteiger partial charge on any atom is 0.230 e. The van der Waals surface area contributed by atoms with Crippen LogP contribution >= 0.6 is 11.8 Å². The van der Waals surface area contributed by atoms with E-state index in [1.807, 2.05) is 36.5 Å². The molecule has 1 amide bonds. The number of rotatable bonds is 6. The Hall–Kier alpha value is -2.41. The lowest BCUT2D eigenvalue weighted by Gasteiger charge is -2.18.